The SMILES string of the molecule is CCOC(=O)[C@@H]1[C@@H](c2ccc(C)cc2)N1c1ccc(Cl)cc1. The lowest BCUT2D eigenvalue weighted by molar-refractivity contribution is -0.142. The van der Waals surface area contributed by atoms with E-state index in [4.69, 9.17) is 16.3 Å². The number of halogens is 1. The van der Waals surface area contributed by atoms with Gasteiger partial charge in [-0.3, -0.25) is 0 Å². The first kappa shape index (κ1) is 14.9. The number of anilines is 1. The summed E-state index contributed by atoms with van der Waals surface area (Å²) < 4.78 is 5.21. The third-order valence-electron chi connectivity index (χ3n) is 3.88. The number of hydrogen-bond acceptors (Lipinski definition) is 3. The van der Waals surface area contributed by atoms with Gasteiger partial charge in [-0.05, 0) is 43.7 Å². The fourth-order valence-electron chi connectivity index (χ4n) is 2.74. The van der Waals surface area contributed by atoms with Gasteiger partial charge in [0.1, 0.15) is 0 Å². The van der Waals surface area contributed by atoms with Gasteiger partial charge in [-0.15, -0.1) is 0 Å². The molecule has 1 fully saturated rings. The normalized spacial score (nSPS) is 19.9. The van der Waals surface area contributed by atoms with Crippen molar-refractivity contribution >= 4 is 23.3 Å². The molecule has 0 aromatic heterocycles. The molecule has 3 rings (SSSR count). The number of nitrogens with zero attached hydrogens (tertiary/aromatic N) is 1. The fraction of sp³-hybridized carbons (Fsp3) is 0.278. The van der Waals surface area contributed by atoms with Gasteiger partial charge in [0.2, 0.25) is 0 Å². The number of carbonyl (C=O) groups excluding carboxylic acids is 1. The van der Waals surface area contributed by atoms with Gasteiger partial charge in [0.25, 0.3) is 0 Å². The number of hydrogen-bond donors (Lipinski definition) is 0. The molecule has 1 aliphatic heterocycles. The Balaban J connectivity index is 1.90. The van der Waals surface area contributed by atoms with E-state index in [9.17, 15) is 4.79 Å². The van der Waals surface area contributed by atoms with Crippen LogP contribution in [0, 0.1) is 6.92 Å². The molecule has 0 amide bonds. The molecule has 0 spiro atoms. The molecule has 2 aromatic rings. The van der Waals surface area contributed by atoms with Crippen LogP contribution in [0.5, 0.6) is 0 Å². The van der Waals surface area contributed by atoms with Gasteiger partial charge < -0.3 is 9.64 Å². The van der Waals surface area contributed by atoms with E-state index in [1.54, 1.807) is 0 Å². The smallest absolute Gasteiger partial charge is 0.331 e. The third kappa shape index (κ3) is 2.81. The average Bonchev–Trinajstić information content (AvgIpc) is 3.24. The zero-order valence-electron chi connectivity index (χ0n) is 12.6. The second-order valence-corrected chi connectivity index (χ2v) is 5.87. The maximum atomic E-state index is 12.2. The monoisotopic (exact) mass is 315 g/mol. The summed E-state index contributed by atoms with van der Waals surface area (Å²) in [5, 5.41) is 0.685. The molecule has 0 bridgehead atoms. The van der Waals surface area contributed by atoms with Crippen LogP contribution in [0.3, 0.4) is 0 Å². The number of aryl methyl sites for hydroxylation is 1. The number of ether oxygens (including phenoxy) is 1. The summed E-state index contributed by atoms with van der Waals surface area (Å²) in [6.07, 6.45) is 0. The minimum atomic E-state index is -0.260. The van der Waals surface area contributed by atoms with Gasteiger partial charge in [-0.1, -0.05) is 41.4 Å². The molecule has 0 aliphatic carbocycles. The van der Waals surface area contributed by atoms with Gasteiger partial charge in [-0.2, -0.15) is 0 Å². The summed E-state index contributed by atoms with van der Waals surface area (Å²) >= 11 is 5.95. The van der Waals surface area contributed by atoms with Gasteiger partial charge in [0, 0.05) is 10.7 Å². The number of benzene rings is 2. The molecule has 0 saturated carbocycles. The van der Waals surface area contributed by atoms with Crippen LogP contribution in [0.1, 0.15) is 24.1 Å². The van der Waals surface area contributed by atoms with Crippen LogP contribution in [-0.4, -0.2) is 18.6 Å². The minimum Gasteiger partial charge on any atom is -0.464 e. The van der Waals surface area contributed by atoms with Gasteiger partial charge in [0.05, 0.1) is 12.6 Å². The van der Waals surface area contributed by atoms with E-state index in [-0.39, 0.29) is 18.1 Å². The zero-order valence-corrected chi connectivity index (χ0v) is 13.4. The average molecular weight is 316 g/mol. The molecule has 0 unspecified atom stereocenters. The highest BCUT2D eigenvalue weighted by Gasteiger charge is 2.54. The largest absolute Gasteiger partial charge is 0.464 e. The maximum absolute atomic E-state index is 12.2. The topological polar surface area (TPSA) is 29.3 Å². The molecule has 1 saturated heterocycles. The summed E-state index contributed by atoms with van der Waals surface area (Å²) in [5.74, 6) is -0.178. The first-order valence-electron chi connectivity index (χ1n) is 7.39. The summed E-state index contributed by atoms with van der Waals surface area (Å²) in [6.45, 7) is 4.27. The Bertz CT molecular complexity index is 615. The molecule has 4 heteroatoms. The van der Waals surface area contributed by atoms with E-state index >= 15 is 0 Å². The van der Waals surface area contributed by atoms with E-state index in [0.29, 0.717) is 11.6 Å². The lowest BCUT2D eigenvalue weighted by atomic mass is 10.1. The Labute approximate surface area is 135 Å². The number of esters is 1. The van der Waals surface area contributed by atoms with Crippen molar-refractivity contribution in [2.75, 3.05) is 11.5 Å². The van der Waals surface area contributed by atoms with E-state index in [2.05, 4.69) is 36.1 Å². The molecule has 0 N–H and O–H groups in total. The van der Waals surface area contributed by atoms with Crippen LogP contribution in [0.15, 0.2) is 48.5 Å². The summed E-state index contributed by atoms with van der Waals surface area (Å²) in [6, 6.07) is 15.6. The van der Waals surface area contributed by atoms with Crippen molar-refractivity contribution in [3.05, 3.63) is 64.7 Å². The van der Waals surface area contributed by atoms with Crippen molar-refractivity contribution in [2.24, 2.45) is 0 Å². The molecule has 1 aliphatic rings. The zero-order chi connectivity index (χ0) is 15.7. The quantitative estimate of drug-likeness (QED) is 0.627. The lowest BCUT2D eigenvalue weighted by Gasteiger charge is -2.06. The lowest BCUT2D eigenvalue weighted by Crippen LogP contribution is -2.15. The second-order valence-electron chi connectivity index (χ2n) is 5.44. The van der Waals surface area contributed by atoms with Crippen molar-refractivity contribution < 1.29 is 9.53 Å². The standard InChI is InChI=1S/C18H18ClNO2/c1-3-22-18(21)17-16(13-6-4-12(2)5-7-13)20(17)15-10-8-14(19)9-11-15/h4-11,16-17H,3H2,1-2H3/t16-,17+,20?/m1/s1. The molecule has 1 heterocycles. The van der Waals surface area contributed by atoms with E-state index in [1.165, 1.54) is 5.56 Å². The highest BCUT2D eigenvalue weighted by atomic mass is 35.5. The second kappa shape index (κ2) is 6.01. The Morgan fingerprint density at radius 1 is 1.14 bits per heavy atom. The van der Waals surface area contributed by atoms with Crippen LogP contribution in [0.4, 0.5) is 5.69 Å². The number of rotatable bonds is 4. The van der Waals surface area contributed by atoms with Crippen LogP contribution in [-0.2, 0) is 9.53 Å². The van der Waals surface area contributed by atoms with E-state index in [0.717, 1.165) is 11.3 Å². The van der Waals surface area contributed by atoms with E-state index < -0.39 is 0 Å². The van der Waals surface area contributed by atoms with Crippen LogP contribution < -0.4 is 4.90 Å². The van der Waals surface area contributed by atoms with Crippen molar-refractivity contribution in [1.29, 1.82) is 0 Å². The van der Waals surface area contributed by atoms with Crippen molar-refractivity contribution in [2.45, 2.75) is 25.9 Å². The van der Waals surface area contributed by atoms with Gasteiger partial charge >= 0.3 is 5.97 Å². The van der Waals surface area contributed by atoms with Gasteiger partial charge in [0.15, 0.2) is 6.04 Å². The van der Waals surface area contributed by atoms with Crippen LogP contribution >= 0.6 is 11.6 Å². The Hall–Kier alpha value is -2.00. The highest BCUT2D eigenvalue weighted by Crippen LogP contribution is 2.47. The molecular weight excluding hydrogens is 298 g/mol. The first-order chi connectivity index (χ1) is 10.6. The predicted molar refractivity (Wildman–Crippen MR) is 88.3 cm³/mol. The predicted octanol–water partition coefficient (Wildman–Crippen LogP) is 4.14. The fourth-order valence-corrected chi connectivity index (χ4v) is 2.87. The molecule has 3 nitrogen and oxygen atoms in total. The van der Waals surface area contributed by atoms with Gasteiger partial charge in [-0.25, -0.2) is 4.79 Å². The number of carbonyl (C=O) groups is 1. The molecule has 22 heavy (non-hydrogen) atoms. The highest BCUT2D eigenvalue weighted by molar-refractivity contribution is 6.30. The van der Waals surface area contributed by atoms with Crippen molar-refractivity contribution in [3.63, 3.8) is 0 Å². The molecule has 114 valence electrons. The van der Waals surface area contributed by atoms with Crippen molar-refractivity contribution in [3.8, 4) is 0 Å². The Kier molecular flexibility index (Phi) is 4.08. The summed E-state index contributed by atoms with van der Waals surface area (Å²) in [7, 11) is 0. The molecular formula is C18H18ClNO2. The molecule has 0 radical (unpaired) electrons. The van der Waals surface area contributed by atoms with Crippen LogP contribution in [0.2, 0.25) is 5.02 Å². The Morgan fingerprint density at radius 2 is 1.77 bits per heavy atom. The Morgan fingerprint density at radius 3 is 2.36 bits per heavy atom. The van der Waals surface area contributed by atoms with Crippen molar-refractivity contribution in [1.82, 2.24) is 0 Å². The summed E-state index contributed by atoms with van der Waals surface area (Å²) in [4.78, 5) is 14.3. The minimum absolute atomic E-state index is 0.0285. The van der Waals surface area contributed by atoms with E-state index in [1.807, 2.05) is 31.2 Å². The molecule has 2 aromatic carbocycles. The summed E-state index contributed by atoms with van der Waals surface area (Å²) in [5.41, 5.74) is 3.31. The third-order valence-corrected chi connectivity index (χ3v) is 4.13. The first-order valence-corrected chi connectivity index (χ1v) is 7.76. The van der Waals surface area contributed by atoms with Crippen LogP contribution in [0.25, 0.3) is 0 Å². The maximum Gasteiger partial charge on any atom is 0.331 e. The molecule has 2 atom stereocenters.